The van der Waals surface area contributed by atoms with Crippen molar-refractivity contribution in [1.29, 1.82) is 0 Å². The van der Waals surface area contributed by atoms with Crippen LogP contribution in [0.3, 0.4) is 0 Å². The summed E-state index contributed by atoms with van der Waals surface area (Å²) in [5, 5.41) is 13.0. The number of anilines is 1. The van der Waals surface area contributed by atoms with Crippen LogP contribution in [0.15, 0.2) is 48.9 Å². The highest BCUT2D eigenvalue weighted by Gasteiger charge is 2.46. The predicted octanol–water partition coefficient (Wildman–Crippen LogP) is 1.67. The summed E-state index contributed by atoms with van der Waals surface area (Å²) in [6.07, 6.45) is 4.20. The largest absolute Gasteiger partial charge is 0.383 e. The maximum Gasteiger partial charge on any atom is 0.142 e. The molecular weight excluding hydrogens is 364 g/mol. The highest BCUT2D eigenvalue weighted by Crippen LogP contribution is 2.38. The summed E-state index contributed by atoms with van der Waals surface area (Å²) < 4.78 is 0. The van der Waals surface area contributed by atoms with Gasteiger partial charge in [0.15, 0.2) is 0 Å². The molecule has 7 heteroatoms. The SMILES string of the molecule is CN1CCN([C@@H]2CN(c3ncnc4[nH]ccc34)CC[C@]2(O)c2ccccc2)CC1. The number of piperidine rings is 1. The van der Waals surface area contributed by atoms with Crippen molar-refractivity contribution in [3.05, 3.63) is 54.5 Å². The Labute approximate surface area is 171 Å². The van der Waals surface area contributed by atoms with E-state index in [1.807, 2.05) is 30.5 Å². The number of hydrogen-bond acceptors (Lipinski definition) is 6. The van der Waals surface area contributed by atoms with Gasteiger partial charge < -0.3 is 19.9 Å². The lowest BCUT2D eigenvalue weighted by Crippen LogP contribution is -2.64. The highest BCUT2D eigenvalue weighted by atomic mass is 16.3. The Hall–Kier alpha value is -2.48. The Morgan fingerprint density at radius 2 is 1.83 bits per heavy atom. The highest BCUT2D eigenvalue weighted by molar-refractivity contribution is 5.87. The van der Waals surface area contributed by atoms with Crippen molar-refractivity contribution in [1.82, 2.24) is 24.8 Å². The number of benzene rings is 1. The number of rotatable bonds is 3. The van der Waals surface area contributed by atoms with Gasteiger partial charge in [-0.3, -0.25) is 4.90 Å². The molecule has 152 valence electrons. The first-order chi connectivity index (χ1) is 14.1. The third-order valence-electron chi connectivity index (χ3n) is 6.59. The van der Waals surface area contributed by atoms with E-state index in [4.69, 9.17) is 0 Å². The summed E-state index contributed by atoms with van der Waals surface area (Å²) in [7, 11) is 2.16. The molecule has 0 amide bonds. The van der Waals surface area contributed by atoms with E-state index in [2.05, 4.69) is 48.8 Å². The lowest BCUT2D eigenvalue weighted by atomic mass is 9.79. The van der Waals surface area contributed by atoms with Crippen LogP contribution in [-0.2, 0) is 5.60 Å². The Bertz CT molecular complexity index is 968. The van der Waals surface area contributed by atoms with Gasteiger partial charge >= 0.3 is 0 Å². The van der Waals surface area contributed by atoms with Crippen molar-refractivity contribution in [2.24, 2.45) is 0 Å². The van der Waals surface area contributed by atoms with Crippen LogP contribution in [0.1, 0.15) is 12.0 Å². The van der Waals surface area contributed by atoms with Crippen molar-refractivity contribution in [3.8, 4) is 0 Å². The van der Waals surface area contributed by atoms with Crippen molar-refractivity contribution >= 4 is 16.9 Å². The fraction of sp³-hybridized carbons (Fsp3) is 0.455. The van der Waals surface area contributed by atoms with Gasteiger partial charge in [-0.05, 0) is 25.1 Å². The molecule has 4 heterocycles. The normalized spacial score (nSPS) is 26.8. The van der Waals surface area contributed by atoms with Gasteiger partial charge in [0.05, 0.1) is 11.4 Å². The summed E-state index contributed by atoms with van der Waals surface area (Å²) in [5.74, 6) is 0.950. The van der Waals surface area contributed by atoms with Gasteiger partial charge in [0.1, 0.15) is 23.4 Å². The minimum absolute atomic E-state index is 0.0105. The minimum atomic E-state index is -0.863. The second kappa shape index (κ2) is 7.40. The fourth-order valence-corrected chi connectivity index (χ4v) is 4.84. The van der Waals surface area contributed by atoms with Crippen molar-refractivity contribution < 1.29 is 5.11 Å². The van der Waals surface area contributed by atoms with Crippen molar-refractivity contribution in [3.63, 3.8) is 0 Å². The Morgan fingerprint density at radius 1 is 1.03 bits per heavy atom. The summed E-state index contributed by atoms with van der Waals surface area (Å²) in [6.45, 7) is 5.48. The number of nitrogens with zero attached hydrogens (tertiary/aromatic N) is 5. The number of aromatic amines is 1. The maximum absolute atomic E-state index is 11.9. The predicted molar refractivity (Wildman–Crippen MR) is 114 cm³/mol. The van der Waals surface area contributed by atoms with Gasteiger partial charge in [0, 0.05) is 45.5 Å². The van der Waals surface area contributed by atoms with E-state index in [9.17, 15) is 5.11 Å². The fourth-order valence-electron chi connectivity index (χ4n) is 4.84. The lowest BCUT2D eigenvalue weighted by molar-refractivity contribution is -0.0757. The first-order valence-electron chi connectivity index (χ1n) is 10.4. The van der Waals surface area contributed by atoms with Gasteiger partial charge in [0.2, 0.25) is 0 Å². The topological polar surface area (TPSA) is 71.5 Å². The third kappa shape index (κ3) is 3.29. The molecule has 2 saturated heterocycles. The van der Waals surface area contributed by atoms with E-state index in [1.54, 1.807) is 6.33 Å². The van der Waals surface area contributed by atoms with Gasteiger partial charge in [-0.1, -0.05) is 30.3 Å². The molecule has 2 aliphatic heterocycles. The zero-order valence-corrected chi connectivity index (χ0v) is 16.8. The van der Waals surface area contributed by atoms with E-state index in [0.717, 1.165) is 61.7 Å². The molecule has 3 aromatic rings. The van der Waals surface area contributed by atoms with Gasteiger partial charge in [-0.2, -0.15) is 0 Å². The number of H-pyrrole nitrogens is 1. The van der Waals surface area contributed by atoms with E-state index in [1.165, 1.54) is 0 Å². The van der Waals surface area contributed by atoms with Crippen LogP contribution >= 0.6 is 0 Å². The summed E-state index contributed by atoms with van der Waals surface area (Å²) >= 11 is 0. The molecule has 5 rings (SSSR count). The monoisotopic (exact) mass is 392 g/mol. The molecule has 0 bridgehead atoms. The van der Waals surface area contributed by atoms with Crippen molar-refractivity contribution in [2.75, 3.05) is 51.2 Å². The van der Waals surface area contributed by atoms with Crippen LogP contribution in [-0.4, -0.2) is 82.2 Å². The zero-order chi connectivity index (χ0) is 19.8. The molecule has 29 heavy (non-hydrogen) atoms. The van der Waals surface area contributed by atoms with Gasteiger partial charge in [0.25, 0.3) is 0 Å². The van der Waals surface area contributed by atoms with E-state index >= 15 is 0 Å². The molecule has 2 fully saturated rings. The average Bonchev–Trinajstić information content (AvgIpc) is 3.25. The number of likely N-dealkylation sites (N-methyl/N-ethyl adjacent to an activating group) is 1. The molecule has 2 aliphatic rings. The van der Waals surface area contributed by atoms with E-state index in [0.29, 0.717) is 6.42 Å². The molecule has 7 nitrogen and oxygen atoms in total. The smallest absolute Gasteiger partial charge is 0.142 e. The number of aliphatic hydroxyl groups is 1. The number of hydrogen-bond donors (Lipinski definition) is 2. The molecule has 1 aromatic carbocycles. The van der Waals surface area contributed by atoms with Crippen LogP contribution in [0.2, 0.25) is 0 Å². The minimum Gasteiger partial charge on any atom is -0.383 e. The first-order valence-corrected chi connectivity index (χ1v) is 10.4. The molecule has 0 unspecified atom stereocenters. The molecule has 0 spiro atoms. The first kappa shape index (κ1) is 18.5. The third-order valence-corrected chi connectivity index (χ3v) is 6.59. The second-order valence-electron chi connectivity index (χ2n) is 8.28. The van der Waals surface area contributed by atoms with Crippen LogP contribution in [0, 0.1) is 0 Å². The van der Waals surface area contributed by atoms with Crippen LogP contribution < -0.4 is 4.90 Å². The number of fused-ring (bicyclic) bond motifs is 1. The van der Waals surface area contributed by atoms with Crippen molar-refractivity contribution in [2.45, 2.75) is 18.1 Å². The van der Waals surface area contributed by atoms with Crippen LogP contribution in [0.4, 0.5) is 5.82 Å². The zero-order valence-electron chi connectivity index (χ0n) is 16.8. The number of nitrogens with one attached hydrogen (secondary N) is 1. The molecule has 2 N–H and O–H groups in total. The molecule has 0 aliphatic carbocycles. The maximum atomic E-state index is 11.9. The summed E-state index contributed by atoms with van der Waals surface area (Å²) in [6, 6.07) is 12.2. The Kier molecular flexibility index (Phi) is 4.73. The quantitative estimate of drug-likeness (QED) is 0.707. The van der Waals surface area contributed by atoms with Crippen LogP contribution in [0.25, 0.3) is 11.0 Å². The molecule has 2 atom stereocenters. The molecular formula is C22H28N6O. The Morgan fingerprint density at radius 3 is 2.62 bits per heavy atom. The van der Waals surface area contributed by atoms with E-state index in [-0.39, 0.29) is 6.04 Å². The second-order valence-corrected chi connectivity index (χ2v) is 8.28. The van der Waals surface area contributed by atoms with Gasteiger partial charge in [-0.25, -0.2) is 9.97 Å². The van der Waals surface area contributed by atoms with Gasteiger partial charge in [-0.15, -0.1) is 0 Å². The molecule has 0 saturated carbocycles. The number of aromatic nitrogens is 3. The standard InChI is InChI=1S/C22H28N6O/c1-26-11-13-27(14-12-26)19-15-28(21-18-7-9-23-20(18)24-16-25-21)10-8-22(19,29)17-5-3-2-4-6-17/h2-7,9,16,19,29H,8,10-15H2,1H3,(H,23,24,25)/t19-,22+/m1/s1. The van der Waals surface area contributed by atoms with Crippen LogP contribution in [0.5, 0.6) is 0 Å². The lowest BCUT2D eigenvalue weighted by Gasteiger charge is -2.51. The molecule has 0 radical (unpaired) electrons. The molecule has 2 aromatic heterocycles. The average molecular weight is 393 g/mol. The number of piperazine rings is 1. The summed E-state index contributed by atoms with van der Waals surface area (Å²) in [5.41, 5.74) is 1.01. The summed E-state index contributed by atoms with van der Waals surface area (Å²) in [4.78, 5) is 19.2. The van der Waals surface area contributed by atoms with E-state index < -0.39 is 5.60 Å². The Balaban J connectivity index is 1.50.